The summed E-state index contributed by atoms with van der Waals surface area (Å²) in [6.45, 7) is 0. The first-order chi connectivity index (χ1) is 14.1. The number of anilines is 1. The van der Waals surface area contributed by atoms with Crippen LogP contribution in [0.25, 0.3) is 22.7 Å². The van der Waals surface area contributed by atoms with Gasteiger partial charge in [0.15, 0.2) is 5.13 Å². The van der Waals surface area contributed by atoms with E-state index in [-0.39, 0.29) is 16.9 Å². The molecule has 2 heterocycles. The van der Waals surface area contributed by atoms with Crippen LogP contribution in [-0.2, 0) is 4.79 Å². The molecule has 0 bridgehead atoms. The molecule has 10 heteroatoms. The van der Waals surface area contributed by atoms with E-state index >= 15 is 0 Å². The van der Waals surface area contributed by atoms with Crippen LogP contribution in [0.4, 0.5) is 5.13 Å². The largest absolute Gasteiger partial charge is 0.411 e. The number of nitrogens with one attached hydrogen (secondary N) is 1. The Hall–Kier alpha value is -2.39. The number of halogens is 2. The Bertz CT molecular complexity index is 1150. The Morgan fingerprint density at radius 3 is 2.69 bits per heavy atom. The van der Waals surface area contributed by atoms with Crippen molar-refractivity contribution in [2.45, 2.75) is 5.22 Å². The van der Waals surface area contributed by atoms with Crippen molar-refractivity contribution in [1.29, 1.82) is 0 Å². The second-order valence-electron chi connectivity index (χ2n) is 5.73. The number of thioether (sulfide) groups is 1. The molecule has 29 heavy (non-hydrogen) atoms. The molecular formula is C19H12Cl2N4O2S2. The summed E-state index contributed by atoms with van der Waals surface area (Å²) in [4.78, 5) is 16.6. The van der Waals surface area contributed by atoms with E-state index in [0.717, 1.165) is 23.0 Å². The van der Waals surface area contributed by atoms with Gasteiger partial charge in [0.25, 0.3) is 5.22 Å². The van der Waals surface area contributed by atoms with Gasteiger partial charge in [0.2, 0.25) is 11.8 Å². The highest BCUT2D eigenvalue weighted by Crippen LogP contribution is 2.29. The standard InChI is InChI=1S/C19H12Cl2N4O2S2/c20-12-7-5-11(6-8-12)15-9-28-18(22-15)23-16(26)10-29-19-25-24-17(27-19)13-3-1-2-4-14(13)21/h1-9H,10H2,(H,22,23,26). The maximum atomic E-state index is 12.2. The van der Waals surface area contributed by atoms with Crippen molar-refractivity contribution in [3.63, 3.8) is 0 Å². The molecule has 1 N–H and O–H groups in total. The normalized spacial score (nSPS) is 10.8. The molecule has 0 aliphatic carbocycles. The number of nitrogens with zero attached hydrogens (tertiary/aromatic N) is 3. The Balaban J connectivity index is 1.34. The van der Waals surface area contributed by atoms with Gasteiger partial charge in [-0.2, -0.15) is 0 Å². The molecule has 0 spiro atoms. The van der Waals surface area contributed by atoms with Gasteiger partial charge in [0, 0.05) is 16.0 Å². The molecule has 2 aromatic carbocycles. The first-order valence-electron chi connectivity index (χ1n) is 8.31. The van der Waals surface area contributed by atoms with Crippen LogP contribution < -0.4 is 5.32 Å². The monoisotopic (exact) mass is 462 g/mol. The van der Waals surface area contributed by atoms with E-state index in [4.69, 9.17) is 27.6 Å². The van der Waals surface area contributed by atoms with E-state index in [1.165, 1.54) is 11.3 Å². The molecule has 0 aliphatic heterocycles. The molecule has 1 amide bonds. The smallest absolute Gasteiger partial charge is 0.277 e. The van der Waals surface area contributed by atoms with Gasteiger partial charge in [-0.1, -0.05) is 59.2 Å². The molecule has 0 aliphatic rings. The third-order valence-electron chi connectivity index (χ3n) is 3.73. The van der Waals surface area contributed by atoms with E-state index in [0.29, 0.717) is 26.6 Å². The fourth-order valence-electron chi connectivity index (χ4n) is 2.38. The molecule has 146 valence electrons. The fraction of sp³-hybridized carbons (Fsp3) is 0.0526. The van der Waals surface area contributed by atoms with Gasteiger partial charge in [0.05, 0.1) is 22.0 Å². The van der Waals surface area contributed by atoms with Gasteiger partial charge in [0.1, 0.15) is 0 Å². The van der Waals surface area contributed by atoms with Crippen molar-refractivity contribution in [1.82, 2.24) is 15.2 Å². The number of thiazole rings is 1. The Kier molecular flexibility index (Phi) is 6.15. The number of hydrogen-bond donors (Lipinski definition) is 1. The van der Waals surface area contributed by atoms with Crippen molar-refractivity contribution < 1.29 is 9.21 Å². The summed E-state index contributed by atoms with van der Waals surface area (Å²) >= 11 is 14.5. The number of aromatic nitrogens is 3. The number of amides is 1. The third-order valence-corrected chi connectivity index (χ3v) is 5.89. The van der Waals surface area contributed by atoms with Gasteiger partial charge in [-0.3, -0.25) is 4.79 Å². The zero-order valence-corrected chi connectivity index (χ0v) is 17.8. The van der Waals surface area contributed by atoms with Crippen molar-refractivity contribution >= 4 is 57.3 Å². The van der Waals surface area contributed by atoms with E-state index in [1.54, 1.807) is 24.3 Å². The number of benzene rings is 2. The van der Waals surface area contributed by atoms with Crippen LogP contribution in [-0.4, -0.2) is 26.8 Å². The van der Waals surface area contributed by atoms with E-state index < -0.39 is 0 Å². The van der Waals surface area contributed by atoms with Crippen LogP contribution in [0.3, 0.4) is 0 Å². The Morgan fingerprint density at radius 1 is 1.10 bits per heavy atom. The lowest BCUT2D eigenvalue weighted by Crippen LogP contribution is -2.13. The minimum atomic E-state index is -0.218. The maximum Gasteiger partial charge on any atom is 0.277 e. The second-order valence-corrected chi connectivity index (χ2v) is 8.36. The summed E-state index contributed by atoms with van der Waals surface area (Å²) in [5.41, 5.74) is 2.35. The van der Waals surface area contributed by atoms with Gasteiger partial charge in [-0.25, -0.2) is 4.98 Å². The molecule has 4 aromatic rings. The quantitative estimate of drug-likeness (QED) is 0.359. The van der Waals surface area contributed by atoms with E-state index in [9.17, 15) is 4.79 Å². The summed E-state index contributed by atoms with van der Waals surface area (Å²) in [5.74, 6) is 0.204. The number of carbonyl (C=O) groups excluding carboxylic acids is 1. The van der Waals surface area contributed by atoms with Gasteiger partial charge in [-0.15, -0.1) is 21.5 Å². The van der Waals surface area contributed by atoms with Crippen LogP contribution in [0.5, 0.6) is 0 Å². The Morgan fingerprint density at radius 2 is 1.90 bits per heavy atom. The number of carbonyl (C=O) groups is 1. The summed E-state index contributed by atoms with van der Waals surface area (Å²) in [5, 5.41) is 14.6. The molecule has 0 unspecified atom stereocenters. The average Bonchev–Trinajstić information content (AvgIpc) is 3.37. The Labute approximate surface area is 184 Å². The first kappa shape index (κ1) is 19.9. The highest BCUT2D eigenvalue weighted by Gasteiger charge is 2.14. The number of hydrogen-bond acceptors (Lipinski definition) is 7. The molecule has 4 rings (SSSR count). The molecule has 0 saturated heterocycles. The molecule has 0 saturated carbocycles. The molecular weight excluding hydrogens is 451 g/mol. The van der Waals surface area contributed by atoms with Gasteiger partial charge in [-0.05, 0) is 24.3 Å². The molecule has 0 radical (unpaired) electrons. The molecule has 0 atom stereocenters. The third kappa shape index (κ3) is 4.97. The van der Waals surface area contributed by atoms with Crippen molar-refractivity contribution in [3.8, 4) is 22.7 Å². The minimum absolute atomic E-state index is 0.111. The lowest BCUT2D eigenvalue weighted by molar-refractivity contribution is -0.113. The van der Waals surface area contributed by atoms with Gasteiger partial charge >= 0.3 is 0 Å². The highest BCUT2D eigenvalue weighted by molar-refractivity contribution is 7.99. The predicted octanol–water partition coefficient (Wildman–Crippen LogP) is 5.90. The summed E-state index contributed by atoms with van der Waals surface area (Å²) in [6, 6.07) is 14.5. The summed E-state index contributed by atoms with van der Waals surface area (Å²) in [7, 11) is 0. The molecule has 0 fully saturated rings. The lowest BCUT2D eigenvalue weighted by atomic mass is 10.2. The van der Waals surface area contributed by atoms with Crippen molar-refractivity contribution in [2.75, 3.05) is 11.1 Å². The maximum absolute atomic E-state index is 12.2. The van der Waals surface area contributed by atoms with Crippen LogP contribution in [0.15, 0.2) is 63.6 Å². The van der Waals surface area contributed by atoms with Crippen LogP contribution in [0.2, 0.25) is 10.0 Å². The molecule has 2 aromatic heterocycles. The zero-order chi connectivity index (χ0) is 20.2. The van der Waals surface area contributed by atoms with Gasteiger partial charge < -0.3 is 9.73 Å². The fourth-order valence-corrected chi connectivity index (χ4v) is 4.02. The average molecular weight is 463 g/mol. The summed E-state index contributed by atoms with van der Waals surface area (Å²) in [6.07, 6.45) is 0. The highest BCUT2D eigenvalue weighted by atomic mass is 35.5. The zero-order valence-electron chi connectivity index (χ0n) is 14.6. The van der Waals surface area contributed by atoms with Crippen molar-refractivity contribution in [3.05, 3.63) is 64.0 Å². The summed E-state index contributed by atoms with van der Waals surface area (Å²) < 4.78 is 5.58. The van der Waals surface area contributed by atoms with Crippen LogP contribution in [0, 0.1) is 0 Å². The topological polar surface area (TPSA) is 80.9 Å². The minimum Gasteiger partial charge on any atom is -0.411 e. The van der Waals surface area contributed by atoms with Crippen LogP contribution >= 0.6 is 46.3 Å². The second kappa shape index (κ2) is 8.96. The van der Waals surface area contributed by atoms with Crippen LogP contribution in [0.1, 0.15) is 0 Å². The van der Waals surface area contributed by atoms with Crippen molar-refractivity contribution in [2.24, 2.45) is 0 Å². The SMILES string of the molecule is O=C(CSc1nnc(-c2ccccc2Cl)o1)Nc1nc(-c2ccc(Cl)cc2)cs1. The lowest BCUT2D eigenvalue weighted by Gasteiger charge is -2.00. The first-order valence-corrected chi connectivity index (χ1v) is 10.9. The molecule has 6 nitrogen and oxygen atoms in total. The predicted molar refractivity (Wildman–Crippen MR) is 117 cm³/mol. The number of rotatable bonds is 6. The van der Waals surface area contributed by atoms with E-state index in [1.807, 2.05) is 29.6 Å². The van der Waals surface area contributed by atoms with E-state index in [2.05, 4.69) is 20.5 Å².